The number of nitrogens with one attached hydrogen (secondary N) is 1. The third kappa shape index (κ3) is 3.34. The Balaban J connectivity index is 2.12. The molecule has 2 atom stereocenters. The molecule has 0 spiro atoms. The molecule has 1 aliphatic rings. The third-order valence-corrected chi connectivity index (χ3v) is 4.55. The molecular formula is C15H21NO3S. The molecule has 1 aromatic carbocycles. The van der Waals surface area contributed by atoms with Gasteiger partial charge in [-0.05, 0) is 43.7 Å². The van der Waals surface area contributed by atoms with E-state index in [0.717, 1.165) is 29.9 Å². The number of rotatable bonds is 6. The Kier molecular flexibility index (Phi) is 5.07. The van der Waals surface area contributed by atoms with Gasteiger partial charge in [0.2, 0.25) is 0 Å². The maximum atomic E-state index is 11.7. The highest BCUT2D eigenvalue weighted by atomic mass is 32.2. The summed E-state index contributed by atoms with van der Waals surface area (Å²) in [4.78, 5) is 12.8. The molecule has 110 valence electrons. The second-order valence-corrected chi connectivity index (χ2v) is 6.05. The van der Waals surface area contributed by atoms with Crippen molar-refractivity contribution in [2.45, 2.75) is 36.3 Å². The number of ether oxygens (including phenoxy) is 1. The Bertz CT molecular complexity index is 457. The monoisotopic (exact) mass is 295 g/mol. The lowest BCUT2D eigenvalue weighted by molar-refractivity contribution is -0.144. The van der Waals surface area contributed by atoms with Gasteiger partial charge in [0.15, 0.2) is 0 Å². The number of aliphatic carboxylic acids is 1. The van der Waals surface area contributed by atoms with Crippen LogP contribution in [0.25, 0.3) is 0 Å². The number of carboxylic acid groups (broad SMARTS) is 1. The Morgan fingerprint density at radius 3 is 2.70 bits per heavy atom. The fourth-order valence-corrected chi connectivity index (χ4v) is 2.76. The molecule has 2 N–H and O–H groups in total. The van der Waals surface area contributed by atoms with Gasteiger partial charge in [0.25, 0.3) is 0 Å². The van der Waals surface area contributed by atoms with E-state index in [1.165, 1.54) is 0 Å². The van der Waals surface area contributed by atoms with Gasteiger partial charge in [-0.2, -0.15) is 0 Å². The molecule has 0 bridgehead atoms. The van der Waals surface area contributed by atoms with Gasteiger partial charge in [0.1, 0.15) is 5.54 Å². The zero-order valence-electron chi connectivity index (χ0n) is 11.9. The first-order valence-electron chi connectivity index (χ1n) is 6.81. The summed E-state index contributed by atoms with van der Waals surface area (Å²) in [6, 6.07) is 7.66. The van der Waals surface area contributed by atoms with E-state index in [9.17, 15) is 9.90 Å². The van der Waals surface area contributed by atoms with E-state index in [0.29, 0.717) is 6.54 Å². The summed E-state index contributed by atoms with van der Waals surface area (Å²) >= 11 is 1.64. The van der Waals surface area contributed by atoms with E-state index in [1.54, 1.807) is 18.7 Å². The van der Waals surface area contributed by atoms with Crippen molar-refractivity contribution >= 4 is 17.7 Å². The molecule has 20 heavy (non-hydrogen) atoms. The van der Waals surface area contributed by atoms with E-state index < -0.39 is 11.5 Å². The van der Waals surface area contributed by atoms with E-state index >= 15 is 0 Å². The van der Waals surface area contributed by atoms with Gasteiger partial charge in [0, 0.05) is 18.0 Å². The lowest BCUT2D eigenvalue weighted by atomic mass is 9.92. The van der Waals surface area contributed by atoms with E-state index in [1.807, 2.05) is 30.5 Å². The topological polar surface area (TPSA) is 58.6 Å². The van der Waals surface area contributed by atoms with Gasteiger partial charge in [0.05, 0.1) is 6.10 Å². The van der Waals surface area contributed by atoms with Crippen LogP contribution in [0.1, 0.15) is 25.3 Å². The fourth-order valence-electron chi connectivity index (χ4n) is 2.35. The molecule has 1 heterocycles. The van der Waals surface area contributed by atoms with Crippen LogP contribution in [0, 0.1) is 0 Å². The standard InChI is InChI=1S/C15H21NO3S/c1-15(14(17)18,16-10-12-4-3-9-19-12)11-5-7-13(20-2)8-6-11/h5-8,12,16H,3-4,9-10H2,1-2H3,(H,17,18). The molecule has 2 rings (SSSR count). The summed E-state index contributed by atoms with van der Waals surface area (Å²) < 4.78 is 5.54. The maximum Gasteiger partial charge on any atom is 0.328 e. The minimum absolute atomic E-state index is 0.124. The molecule has 2 unspecified atom stereocenters. The van der Waals surface area contributed by atoms with Crippen LogP contribution in [0.2, 0.25) is 0 Å². The number of hydrogen-bond donors (Lipinski definition) is 2. The Morgan fingerprint density at radius 2 is 2.20 bits per heavy atom. The Hall–Kier alpha value is -1.04. The normalized spacial score (nSPS) is 21.6. The molecule has 0 radical (unpaired) electrons. The third-order valence-electron chi connectivity index (χ3n) is 3.80. The van der Waals surface area contributed by atoms with Crippen molar-refractivity contribution in [3.05, 3.63) is 29.8 Å². The van der Waals surface area contributed by atoms with Crippen LogP contribution in [0.4, 0.5) is 0 Å². The van der Waals surface area contributed by atoms with Crippen molar-refractivity contribution in [3.63, 3.8) is 0 Å². The lowest BCUT2D eigenvalue weighted by Crippen LogP contribution is -2.49. The zero-order chi connectivity index (χ0) is 14.6. The minimum atomic E-state index is -1.08. The molecule has 4 nitrogen and oxygen atoms in total. The molecule has 0 aliphatic carbocycles. The van der Waals surface area contributed by atoms with Crippen molar-refractivity contribution in [3.8, 4) is 0 Å². The Morgan fingerprint density at radius 1 is 1.50 bits per heavy atom. The van der Waals surface area contributed by atoms with Crippen molar-refractivity contribution in [1.29, 1.82) is 0 Å². The van der Waals surface area contributed by atoms with Crippen LogP contribution in [0.15, 0.2) is 29.2 Å². The molecule has 1 aliphatic heterocycles. The van der Waals surface area contributed by atoms with Crippen molar-refractivity contribution in [2.24, 2.45) is 0 Å². The van der Waals surface area contributed by atoms with Gasteiger partial charge in [-0.25, -0.2) is 4.79 Å². The fraction of sp³-hybridized carbons (Fsp3) is 0.533. The number of benzene rings is 1. The summed E-state index contributed by atoms with van der Waals surface area (Å²) in [7, 11) is 0. The number of hydrogen-bond acceptors (Lipinski definition) is 4. The number of carbonyl (C=O) groups is 1. The van der Waals surface area contributed by atoms with E-state index in [-0.39, 0.29) is 6.10 Å². The predicted octanol–water partition coefficient (Wildman–Crippen LogP) is 2.48. The molecule has 0 amide bonds. The molecule has 5 heteroatoms. The summed E-state index contributed by atoms with van der Waals surface area (Å²) in [5.74, 6) is -0.868. The van der Waals surface area contributed by atoms with Crippen LogP contribution >= 0.6 is 11.8 Å². The van der Waals surface area contributed by atoms with Gasteiger partial charge in [-0.3, -0.25) is 5.32 Å². The van der Waals surface area contributed by atoms with Gasteiger partial charge in [-0.15, -0.1) is 11.8 Å². The summed E-state index contributed by atoms with van der Waals surface area (Å²) in [6.45, 7) is 3.05. The second-order valence-electron chi connectivity index (χ2n) is 5.17. The largest absolute Gasteiger partial charge is 0.480 e. The Labute approximate surface area is 123 Å². The number of carboxylic acids is 1. The van der Waals surface area contributed by atoms with E-state index in [4.69, 9.17) is 4.74 Å². The first-order valence-corrected chi connectivity index (χ1v) is 8.03. The maximum absolute atomic E-state index is 11.7. The predicted molar refractivity (Wildman–Crippen MR) is 80.2 cm³/mol. The molecule has 1 saturated heterocycles. The lowest BCUT2D eigenvalue weighted by Gasteiger charge is -2.28. The van der Waals surface area contributed by atoms with Crippen molar-refractivity contribution in [2.75, 3.05) is 19.4 Å². The van der Waals surface area contributed by atoms with Crippen molar-refractivity contribution < 1.29 is 14.6 Å². The average Bonchev–Trinajstić information content (AvgIpc) is 2.98. The summed E-state index contributed by atoms with van der Waals surface area (Å²) in [5.41, 5.74) is -0.316. The highest BCUT2D eigenvalue weighted by molar-refractivity contribution is 7.98. The molecule has 1 fully saturated rings. The summed E-state index contributed by atoms with van der Waals surface area (Å²) in [6.07, 6.45) is 4.17. The molecule has 0 saturated carbocycles. The zero-order valence-corrected chi connectivity index (χ0v) is 12.7. The van der Waals surface area contributed by atoms with Crippen LogP contribution in [-0.2, 0) is 15.1 Å². The number of thioether (sulfide) groups is 1. The molecule has 1 aromatic rings. The first kappa shape index (κ1) is 15.4. The van der Waals surface area contributed by atoms with Crippen LogP contribution in [0.3, 0.4) is 0 Å². The van der Waals surface area contributed by atoms with Crippen molar-refractivity contribution in [1.82, 2.24) is 5.32 Å². The highest BCUT2D eigenvalue weighted by Gasteiger charge is 2.35. The highest BCUT2D eigenvalue weighted by Crippen LogP contribution is 2.25. The first-order chi connectivity index (χ1) is 9.56. The average molecular weight is 295 g/mol. The molecular weight excluding hydrogens is 274 g/mol. The summed E-state index contributed by atoms with van der Waals surface area (Å²) in [5, 5.41) is 12.7. The van der Waals surface area contributed by atoms with Crippen LogP contribution < -0.4 is 5.32 Å². The quantitative estimate of drug-likeness (QED) is 0.790. The minimum Gasteiger partial charge on any atom is -0.480 e. The van der Waals surface area contributed by atoms with Gasteiger partial charge >= 0.3 is 5.97 Å². The van der Waals surface area contributed by atoms with Gasteiger partial charge in [-0.1, -0.05) is 12.1 Å². The van der Waals surface area contributed by atoms with Crippen LogP contribution in [-0.4, -0.2) is 36.6 Å². The SMILES string of the molecule is CSc1ccc(C(C)(NCC2CCCO2)C(=O)O)cc1. The molecule has 0 aromatic heterocycles. The smallest absolute Gasteiger partial charge is 0.328 e. The van der Waals surface area contributed by atoms with E-state index in [2.05, 4.69) is 5.32 Å². The van der Waals surface area contributed by atoms with Gasteiger partial charge < -0.3 is 9.84 Å². The van der Waals surface area contributed by atoms with Crippen LogP contribution in [0.5, 0.6) is 0 Å². The second kappa shape index (κ2) is 6.61.